The molecule has 2 N–H and O–H groups in total. The second-order valence-electron chi connectivity index (χ2n) is 6.56. The lowest BCUT2D eigenvalue weighted by molar-refractivity contribution is 0.152. The number of rotatable bonds is 3. The number of nitrogens with zero attached hydrogens (tertiary/aromatic N) is 1. The van der Waals surface area contributed by atoms with E-state index in [9.17, 15) is 0 Å². The van der Waals surface area contributed by atoms with Gasteiger partial charge < -0.3 is 5.73 Å². The molecule has 1 aliphatic rings. The molecule has 1 fully saturated rings. The van der Waals surface area contributed by atoms with Crippen LogP contribution in [-0.2, 0) is 0 Å². The van der Waals surface area contributed by atoms with Crippen LogP contribution in [0.25, 0.3) is 0 Å². The van der Waals surface area contributed by atoms with E-state index in [1.165, 1.54) is 11.1 Å². The van der Waals surface area contributed by atoms with Crippen LogP contribution in [0.1, 0.15) is 57.1 Å². The molecule has 106 valence electrons. The van der Waals surface area contributed by atoms with Crippen LogP contribution in [0.15, 0.2) is 24.3 Å². The van der Waals surface area contributed by atoms with E-state index in [1.54, 1.807) is 0 Å². The van der Waals surface area contributed by atoms with E-state index in [4.69, 9.17) is 5.73 Å². The fraction of sp³-hybridized carbons (Fsp3) is 0.647. The van der Waals surface area contributed by atoms with Crippen molar-refractivity contribution in [3.63, 3.8) is 0 Å². The van der Waals surface area contributed by atoms with Gasteiger partial charge in [-0.2, -0.15) is 0 Å². The zero-order valence-electron chi connectivity index (χ0n) is 12.8. The molecular formula is C17H28N2. The zero-order valence-corrected chi connectivity index (χ0v) is 12.8. The zero-order chi connectivity index (χ0) is 14.0. The highest BCUT2D eigenvalue weighted by Crippen LogP contribution is 2.28. The van der Waals surface area contributed by atoms with Crippen molar-refractivity contribution in [3.8, 4) is 0 Å². The first-order valence-electron chi connectivity index (χ1n) is 7.57. The Hall–Kier alpha value is -0.860. The first-order chi connectivity index (χ1) is 8.97. The highest BCUT2D eigenvalue weighted by Gasteiger charge is 2.27. The van der Waals surface area contributed by atoms with Gasteiger partial charge in [0.15, 0.2) is 0 Å². The third-order valence-corrected chi connectivity index (χ3v) is 4.32. The van der Waals surface area contributed by atoms with Gasteiger partial charge in [0.25, 0.3) is 0 Å². The minimum atomic E-state index is 0.311. The Kier molecular flexibility index (Phi) is 4.64. The van der Waals surface area contributed by atoms with Crippen LogP contribution in [0.5, 0.6) is 0 Å². The number of hydrogen-bond acceptors (Lipinski definition) is 2. The molecule has 1 aliphatic heterocycles. The maximum absolute atomic E-state index is 6.23. The average molecular weight is 260 g/mol. The molecule has 2 nitrogen and oxygen atoms in total. The van der Waals surface area contributed by atoms with Gasteiger partial charge in [-0.25, -0.2) is 0 Å². The van der Waals surface area contributed by atoms with Gasteiger partial charge in [-0.3, -0.25) is 4.90 Å². The van der Waals surface area contributed by atoms with Crippen LogP contribution in [0, 0.1) is 0 Å². The summed E-state index contributed by atoms with van der Waals surface area (Å²) in [4.78, 5) is 2.51. The molecular weight excluding hydrogens is 232 g/mol. The fourth-order valence-electron chi connectivity index (χ4n) is 2.99. The van der Waals surface area contributed by atoms with Crippen molar-refractivity contribution in [2.45, 2.75) is 58.0 Å². The van der Waals surface area contributed by atoms with Crippen molar-refractivity contribution < 1.29 is 0 Å². The van der Waals surface area contributed by atoms with E-state index >= 15 is 0 Å². The lowest BCUT2D eigenvalue weighted by Crippen LogP contribution is -2.48. The molecule has 0 radical (unpaired) electrons. The second-order valence-corrected chi connectivity index (χ2v) is 6.56. The van der Waals surface area contributed by atoms with Gasteiger partial charge in [0.1, 0.15) is 0 Å². The Morgan fingerprint density at radius 3 is 2.21 bits per heavy atom. The minimum absolute atomic E-state index is 0.311. The summed E-state index contributed by atoms with van der Waals surface area (Å²) in [6.45, 7) is 11.2. The van der Waals surface area contributed by atoms with Gasteiger partial charge in [-0.15, -0.1) is 0 Å². The Balaban J connectivity index is 2.11. The number of nitrogens with two attached hydrogens (primary N) is 1. The standard InChI is InChI=1S/C17H28N2/c1-12(2)14-5-7-15(8-6-14)16-9-17(18)11-19(10-16)13(3)4/h5-8,12-13,16-17H,9-11,18H2,1-4H3. The monoisotopic (exact) mass is 260 g/mol. The van der Waals surface area contributed by atoms with Crippen molar-refractivity contribution in [1.82, 2.24) is 4.90 Å². The molecule has 0 saturated carbocycles. The third-order valence-electron chi connectivity index (χ3n) is 4.32. The Labute approximate surface area is 118 Å². The second kappa shape index (κ2) is 6.06. The van der Waals surface area contributed by atoms with Crippen molar-refractivity contribution >= 4 is 0 Å². The van der Waals surface area contributed by atoms with E-state index in [0.29, 0.717) is 23.9 Å². The molecule has 1 aromatic rings. The number of piperidine rings is 1. The van der Waals surface area contributed by atoms with Crippen LogP contribution in [0.3, 0.4) is 0 Å². The highest BCUT2D eigenvalue weighted by molar-refractivity contribution is 5.28. The fourth-order valence-corrected chi connectivity index (χ4v) is 2.99. The summed E-state index contributed by atoms with van der Waals surface area (Å²) in [5, 5.41) is 0. The van der Waals surface area contributed by atoms with E-state index < -0.39 is 0 Å². The molecule has 19 heavy (non-hydrogen) atoms. The van der Waals surface area contributed by atoms with Crippen LogP contribution < -0.4 is 5.73 Å². The van der Waals surface area contributed by atoms with Gasteiger partial charge in [-0.1, -0.05) is 38.1 Å². The van der Waals surface area contributed by atoms with Crippen molar-refractivity contribution in [2.24, 2.45) is 5.73 Å². The predicted molar refractivity (Wildman–Crippen MR) is 82.6 cm³/mol. The summed E-state index contributed by atoms with van der Waals surface area (Å²) in [5.74, 6) is 1.20. The molecule has 0 aromatic heterocycles. The first kappa shape index (κ1) is 14.5. The van der Waals surface area contributed by atoms with Gasteiger partial charge in [-0.05, 0) is 43.2 Å². The molecule has 2 atom stereocenters. The summed E-state index contributed by atoms with van der Waals surface area (Å²) >= 11 is 0. The summed E-state index contributed by atoms with van der Waals surface area (Å²) in [7, 11) is 0. The molecule has 2 unspecified atom stereocenters. The van der Waals surface area contributed by atoms with Crippen molar-refractivity contribution in [1.29, 1.82) is 0 Å². The lowest BCUT2D eigenvalue weighted by Gasteiger charge is -2.39. The largest absolute Gasteiger partial charge is 0.327 e. The Bertz CT molecular complexity index is 394. The third kappa shape index (κ3) is 3.58. The lowest BCUT2D eigenvalue weighted by atomic mass is 9.87. The van der Waals surface area contributed by atoms with E-state index in [1.807, 2.05) is 0 Å². The van der Waals surface area contributed by atoms with Crippen LogP contribution in [-0.4, -0.2) is 30.1 Å². The molecule has 2 rings (SSSR count). The van der Waals surface area contributed by atoms with Gasteiger partial charge in [0.05, 0.1) is 0 Å². The Morgan fingerprint density at radius 2 is 1.68 bits per heavy atom. The highest BCUT2D eigenvalue weighted by atomic mass is 15.2. The van der Waals surface area contributed by atoms with E-state index in [0.717, 1.165) is 19.5 Å². The molecule has 1 aromatic carbocycles. The summed E-state index contributed by atoms with van der Waals surface area (Å²) in [6, 6.07) is 10.1. The van der Waals surface area contributed by atoms with E-state index in [2.05, 4.69) is 56.9 Å². The maximum atomic E-state index is 6.23. The quantitative estimate of drug-likeness (QED) is 0.903. The topological polar surface area (TPSA) is 29.3 Å². The molecule has 1 heterocycles. The molecule has 0 bridgehead atoms. The summed E-state index contributed by atoms with van der Waals surface area (Å²) in [5.41, 5.74) is 9.10. The van der Waals surface area contributed by atoms with Crippen LogP contribution in [0.2, 0.25) is 0 Å². The Morgan fingerprint density at radius 1 is 1.05 bits per heavy atom. The molecule has 0 amide bonds. The van der Waals surface area contributed by atoms with Crippen molar-refractivity contribution in [3.05, 3.63) is 35.4 Å². The average Bonchev–Trinajstić information content (AvgIpc) is 2.38. The van der Waals surface area contributed by atoms with Crippen LogP contribution >= 0.6 is 0 Å². The summed E-state index contributed by atoms with van der Waals surface area (Å²) in [6.07, 6.45) is 1.12. The first-order valence-corrected chi connectivity index (χ1v) is 7.57. The number of benzene rings is 1. The minimum Gasteiger partial charge on any atom is -0.327 e. The normalized spacial score (nSPS) is 25.2. The summed E-state index contributed by atoms with van der Waals surface area (Å²) < 4.78 is 0. The molecule has 0 spiro atoms. The van der Waals surface area contributed by atoms with Gasteiger partial charge in [0, 0.05) is 25.2 Å². The van der Waals surface area contributed by atoms with E-state index in [-0.39, 0.29) is 0 Å². The smallest absolute Gasteiger partial charge is 0.0174 e. The maximum Gasteiger partial charge on any atom is 0.0174 e. The SMILES string of the molecule is CC(C)c1ccc(C2CC(N)CN(C(C)C)C2)cc1. The van der Waals surface area contributed by atoms with Gasteiger partial charge >= 0.3 is 0 Å². The van der Waals surface area contributed by atoms with Crippen LogP contribution in [0.4, 0.5) is 0 Å². The number of likely N-dealkylation sites (tertiary alicyclic amines) is 1. The molecule has 0 aliphatic carbocycles. The van der Waals surface area contributed by atoms with Crippen molar-refractivity contribution in [2.75, 3.05) is 13.1 Å². The number of hydrogen-bond donors (Lipinski definition) is 1. The molecule has 2 heteroatoms. The predicted octanol–water partition coefficient (Wildman–Crippen LogP) is 3.34. The molecule has 1 saturated heterocycles. The van der Waals surface area contributed by atoms with Gasteiger partial charge in [0.2, 0.25) is 0 Å².